The quantitative estimate of drug-likeness (QED) is 0.837. The van der Waals surface area contributed by atoms with E-state index in [1.165, 1.54) is 12.1 Å². The van der Waals surface area contributed by atoms with Gasteiger partial charge in [-0.25, -0.2) is 4.39 Å². The first-order valence-corrected chi connectivity index (χ1v) is 7.10. The van der Waals surface area contributed by atoms with Gasteiger partial charge in [0.15, 0.2) is 0 Å². The fraction of sp³-hybridized carbons (Fsp3) is 0.143. The van der Waals surface area contributed by atoms with Gasteiger partial charge in [-0.15, -0.1) is 0 Å². The lowest BCUT2D eigenvalue weighted by molar-refractivity contribution is 0.622. The highest BCUT2D eigenvalue weighted by Gasteiger charge is 2.11. The maximum atomic E-state index is 13.1. The Morgan fingerprint density at radius 1 is 1.11 bits per heavy atom. The van der Waals surface area contributed by atoms with Crippen LogP contribution in [0.2, 0.25) is 0 Å². The van der Waals surface area contributed by atoms with Gasteiger partial charge in [-0.05, 0) is 41.8 Å². The Morgan fingerprint density at radius 2 is 1.89 bits per heavy atom. The monoisotopic (exact) mass is 371 g/mol. The third-order valence-corrected chi connectivity index (χ3v) is 3.89. The van der Waals surface area contributed by atoms with Gasteiger partial charge < -0.3 is 5.73 Å². The van der Waals surface area contributed by atoms with Gasteiger partial charge in [0.1, 0.15) is 5.82 Å². The first kappa shape index (κ1) is 13.7. The molecule has 2 rings (SSSR count). The van der Waals surface area contributed by atoms with Gasteiger partial charge in [-0.3, -0.25) is 0 Å². The molecule has 94 valence electrons. The van der Waals surface area contributed by atoms with Gasteiger partial charge in [0.25, 0.3) is 0 Å². The summed E-state index contributed by atoms with van der Waals surface area (Å²) in [6.45, 7) is 0. The Labute approximate surface area is 122 Å². The van der Waals surface area contributed by atoms with E-state index in [1.54, 1.807) is 6.07 Å². The number of hydrogen-bond acceptors (Lipinski definition) is 1. The number of halogens is 3. The molecule has 0 spiro atoms. The number of hydrogen-bond donors (Lipinski definition) is 1. The van der Waals surface area contributed by atoms with Gasteiger partial charge in [0.2, 0.25) is 0 Å². The SMILES string of the molecule is NC(Cc1cccc(F)c1)c1ccc(Br)cc1Br. The van der Waals surface area contributed by atoms with Crippen LogP contribution in [0.4, 0.5) is 4.39 Å². The van der Waals surface area contributed by atoms with Crippen LogP contribution in [-0.2, 0) is 6.42 Å². The van der Waals surface area contributed by atoms with Crippen molar-refractivity contribution in [2.24, 2.45) is 5.73 Å². The second kappa shape index (κ2) is 5.95. The van der Waals surface area contributed by atoms with Crippen LogP contribution in [0.15, 0.2) is 51.4 Å². The first-order valence-electron chi connectivity index (χ1n) is 5.51. The molecule has 0 aliphatic rings. The molecule has 0 radical (unpaired) electrons. The fourth-order valence-corrected chi connectivity index (χ4v) is 3.17. The van der Waals surface area contributed by atoms with Crippen molar-refractivity contribution < 1.29 is 4.39 Å². The molecule has 2 aromatic rings. The molecule has 18 heavy (non-hydrogen) atoms. The van der Waals surface area contributed by atoms with E-state index in [9.17, 15) is 4.39 Å². The van der Waals surface area contributed by atoms with Crippen LogP contribution in [-0.4, -0.2) is 0 Å². The average molecular weight is 373 g/mol. The van der Waals surface area contributed by atoms with Crippen molar-refractivity contribution in [2.75, 3.05) is 0 Å². The summed E-state index contributed by atoms with van der Waals surface area (Å²) in [5.41, 5.74) is 8.08. The molecule has 1 nitrogen and oxygen atoms in total. The van der Waals surface area contributed by atoms with Gasteiger partial charge in [-0.1, -0.05) is 50.1 Å². The Balaban J connectivity index is 2.19. The summed E-state index contributed by atoms with van der Waals surface area (Å²) in [5.74, 6) is -0.227. The minimum atomic E-state index is -0.227. The predicted molar refractivity (Wildman–Crippen MR) is 78.9 cm³/mol. The van der Waals surface area contributed by atoms with Gasteiger partial charge in [0, 0.05) is 15.0 Å². The van der Waals surface area contributed by atoms with Crippen LogP contribution in [0.5, 0.6) is 0 Å². The van der Waals surface area contributed by atoms with Crippen molar-refractivity contribution in [3.8, 4) is 0 Å². The van der Waals surface area contributed by atoms with Gasteiger partial charge in [-0.2, -0.15) is 0 Å². The lowest BCUT2D eigenvalue weighted by Crippen LogP contribution is -2.14. The molecule has 0 saturated carbocycles. The molecule has 1 atom stereocenters. The second-order valence-electron chi connectivity index (χ2n) is 4.11. The molecule has 0 aliphatic carbocycles. The second-order valence-corrected chi connectivity index (χ2v) is 5.88. The van der Waals surface area contributed by atoms with E-state index in [0.717, 1.165) is 20.1 Å². The summed E-state index contributed by atoms with van der Waals surface area (Å²) < 4.78 is 15.1. The molecule has 0 fully saturated rings. The molecule has 0 saturated heterocycles. The summed E-state index contributed by atoms with van der Waals surface area (Å²) >= 11 is 6.89. The lowest BCUT2D eigenvalue weighted by atomic mass is 10.00. The molecular weight excluding hydrogens is 361 g/mol. The molecule has 0 aromatic heterocycles. The predicted octanol–water partition coefficient (Wildman–Crippen LogP) is 4.59. The van der Waals surface area contributed by atoms with E-state index in [2.05, 4.69) is 31.9 Å². The minimum Gasteiger partial charge on any atom is -0.324 e. The number of benzene rings is 2. The van der Waals surface area contributed by atoms with Crippen LogP contribution in [0.3, 0.4) is 0 Å². The largest absolute Gasteiger partial charge is 0.324 e. The Hall–Kier alpha value is -0.710. The van der Waals surface area contributed by atoms with Crippen LogP contribution in [0.1, 0.15) is 17.2 Å². The van der Waals surface area contributed by atoms with Crippen LogP contribution >= 0.6 is 31.9 Å². The summed E-state index contributed by atoms with van der Waals surface area (Å²) in [5, 5.41) is 0. The maximum absolute atomic E-state index is 13.1. The number of rotatable bonds is 3. The highest BCUT2D eigenvalue weighted by Crippen LogP contribution is 2.27. The van der Waals surface area contributed by atoms with Crippen LogP contribution in [0, 0.1) is 5.82 Å². The highest BCUT2D eigenvalue weighted by molar-refractivity contribution is 9.11. The normalized spacial score (nSPS) is 12.4. The molecule has 1 unspecified atom stereocenters. The van der Waals surface area contributed by atoms with E-state index in [-0.39, 0.29) is 11.9 Å². The van der Waals surface area contributed by atoms with E-state index in [0.29, 0.717) is 6.42 Å². The third-order valence-electron chi connectivity index (χ3n) is 2.71. The fourth-order valence-electron chi connectivity index (χ4n) is 1.83. The molecule has 0 aliphatic heterocycles. The Morgan fingerprint density at radius 3 is 2.56 bits per heavy atom. The summed E-state index contributed by atoms with van der Waals surface area (Å²) in [6, 6.07) is 12.3. The molecule has 2 N–H and O–H groups in total. The van der Waals surface area contributed by atoms with E-state index < -0.39 is 0 Å². The standard InChI is InChI=1S/C14H12Br2FN/c15-10-4-5-12(13(16)8-10)14(18)7-9-2-1-3-11(17)6-9/h1-6,8,14H,7,18H2. The van der Waals surface area contributed by atoms with E-state index in [1.807, 2.05) is 24.3 Å². The van der Waals surface area contributed by atoms with Gasteiger partial charge >= 0.3 is 0 Å². The topological polar surface area (TPSA) is 26.0 Å². The summed E-state index contributed by atoms with van der Waals surface area (Å²) in [6.07, 6.45) is 0.609. The maximum Gasteiger partial charge on any atom is 0.123 e. The smallest absolute Gasteiger partial charge is 0.123 e. The highest BCUT2D eigenvalue weighted by atomic mass is 79.9. The molecule has 0 amide bonds. The zero-order valence-corrected chi connectivity index (χ0v) is 12.7. The Bertz CT molecular complexity index is 557. The number of nitrogens with two attached hydrogens (primary N) is 1. The average Bonchev–Trinajstić information content (AvgIpc) is 2.28. The van der Waals surface area contributed by atoms with Gasteiger partial charge in [0.05, 0.1) is 0 Å². The molecular formula is C14H12Br2FN. The van der Waals surface area contributed by atoms with Crippen molar-refractivity contribution in [3.63, 3.8) is 0 Å². The molecule has 4 heteroatoms. The van der Waals surface area contributed by atoms with Crippen molar-refractivity contribution in [1.82, 2.24) is 0 Å². The lowest BCUT2D eigenvalue weighted by Gasteiger charge is -2.14. The summed E-state index contributed by atoms with van der Waals surface area (Å²) in [7, 11) is 0. The third kappa shape index (κ3) is 3.40. The van der Waals surface area contributed by atoms with E-state index in [4.69, 9.17) is 5.73 Å². The first-order chi connectivity index (χ1) is 8.56. The zero-order valence-electron chi connectivity index (χ0n) is 9.54. The van der Waals surface area contributed by atoms with Crippen molar-refractivity contribution in [3.05, 3.63) is 68.4 Å². The van der Waals surface area contributed by atoms with E-state index >= 15 is 0 Å². The zero-order chi connectivity index (χ0) is 13.1. The van der Waals surface area contributed by atoms with Crippen molar-refractivity contribution in [1.29, 1.82) is 0 Å². The molecule has 2 aromatic carbocycles. The molecule has 0 bridgehead atoms. The minimum absolute atomic E-state index is 0.158. The van der Waals surface area contributed by atoms with Crippen LogP contribution in [0.25, 0.3) is 0 Å². The Kier molecular flexibility index (Phi) is 4.54. The summed E-state index contributed by atoms with van der Waals surface area (Å²) in [4.78, 5) is 0. The van der Waals surface area contributed by atoms with Crippen molar-refractivity contribution >= 4 is 31.9 Å². The molecule has 0 heterocycles. The van der Waals surface area contributed by atoms with Crippen LogP contribution < -0.4 is 5.73 Å². The van der Waals surface area contributed by atoms with Crippen molar-refractivity contribution in [2.45, 2.75) is 12.5 Å².